The molecule has 1 heterocycles. The number of rotatable bonds is 5. The number of hydrogen-bond acceptors (Lipinski definition) is 3. The van der Waals surface area contributed by atoms with Gasteiger partial charge in [-0.3, -0.25) is 4.79 Å². The number of thiazole rings is 1. The van der Waals surface area contributed by atoms with Gasteiger partial charge in [0.2, 0.25) is 5.91 Å². The van der Waals surface area contributed by atoms with Crippen LogP contribution in [-0.4, -0.2) is 17.4 Å². The number of aromatic nitrogens is 1. The lowest BCUT2D eigenvalue weighted by Crippen LogP contribution is -2.27. The minimum atomic E-state index is 0.219. The van der Waals surface area contributed by atoms with Gasteiger partial charge in [-0.15, -0.1) is 11.3 Å². The van der Waals surface area contributed by atoms with E-state index in [4.69, 9.17) is 0 Å². The topological polar surface area (TPSA) is 42.0 Å². The van der Waals surface area contributed by atoms with Gasteiger partial charge in [0.15, 0.2) is 0 Å². The van der Waals surface area contributed by atoms with E-state index in [-0.39, 0.29) is 11.8 Å². The first-order chi connectivity index (χ1) is 8.08. The predicted octanol–water partition coefficient (Wildman–Crippen LogP) is 2.58. The molecule has 2 unspecified atom stereocenters. The molecule has 1 aliphatic carbocycles. The van der Waals surface area contributed by atoms with Crippen LogP contribution in [0.1, 0.15) is 43.8 Å². The van der Waals surface area contributed by atoms with Gasteiger partial charge in [0.25, 0.3) is 0 Å². The Kier molecular flexibility index (Phi) is 3.82. The third-order valence-corrected chi connectivity index (χ3v) is 4.38. The molecular weight excluding hydrogens is 232 g/mol. The van der Waals surface area contributed by atoms with Crippen LogP contribution in [0, 0.1) is 11.8 Å². The number of nitrogens with one attached hydrogen (secondary N) is 1. The quantitative estimate of drug-likeness (QED) is 0.875. The maximum absolute atomic E-state index is 11.6. The Labute approximate surface area is 107 Å². The molecule has 1 fully saturated rings. The molecule has 1 aromatic rings. The average Bonchev–Trinajstić information content (AvgIpc) is 2.82. The second-order valence-corrected chi connectivity index (χ2v) is 6.08. The molecule has 1 N–H and O–H groups in total. The van der Waals surface area contributed by atoms with Gasteiger partial charge in [-0.05, 0) is 12.3 Å². The van der Waals surface area contributed by atoms with Crippen molar-refractivity contribution in [3.8, 4) is 0 Å². The highest BCUT2D eigenvalue weighted by Crippen LogP contribution is 2.37. The summed E-state index contributed by atoms with van der Waals surface area (Å²) in [5.41, 5.74) is 1.10. The van der Waals surface area contributed by atoms with Gasteiger partial charge in [-0.25, -0.2) is 4.98 Å². The number of amides is 1. The molecule has 1 aromatic heterocycles. The van der Waals surface area contributed by atoms with E-state index in [1.165, 1.54) is 5.01 Å². The van der Waals surface area contributed by atoms with E-state index in [0.717, 1.165) is 18.5 Å². The average molecular weight is 252 g/mol. The standard InChI is InChI=1S/C13H20N2OS/c1-8(2)13-15-10(7-17-13)4-5-14-12(16)11-6-9(11)3/h7-9,11H,4-6H2,1-3H3,(H,14,16). The molecule has 1 saturated carbocycles. The van der Waals surface area contributed by atoms with Crippen LogP contribution in [0.25, 0.3) is 0 Å². The Hall–Kier alpha value is -0.900. The van der Waals surface area contributed by atoms with Crippen molar-refractivity contribution in [2.45, 2.75) is 39.5 Å². The Morgan fingerprint density at radius 2 is 2.35 bits per heavy atom. The third kappa shape index (κ3) is 3.28. The van der Waals surface area contributed by atoms with Crippen LogP contribution in [0.15, 0.2) is 5.38 Å². The zero-order valence-corrected chi connectivity index (χ0v) is 11.5. The molecule has 4 heteroatoms. The molecule has 0 aromatic carbocycles. The van der Waals surface area contributed by atoms with Crippen LogP contribution < -0.4 is 5.32 Å². The molecule has 0 aliphatic heterocycles. The fraction of sp³-hybridized carbons (Fsp3) is 0.692. The van der Waals surface area contributed by atoms with E-state index < -0.39 is 0 Å². The maximum atomic E-state index is 11.6. The SMILES string of the molecule is CC(C)c1nc(CCNC(=O)C2CC2C)cs1. The van der Waals surface area contributed by atoms with Crippen molar-refractivity contribution in [3.05, 3.63) is 16.1 Å². The molecule has 0 radical (unpaired) electrons. The molecule has 1 aliphatic rings. The molecule has 3 nitrogen and oxygen atoms in total. The first-order valence-electron chi connectivity index (χ1n) is 6.30. The van der Waals surface area contributed by atoms with Gasteiger partial charge < -0.3 is 5.32 Å². The van der Waals surface area contributed by atoms with E-state index in [9.17, 15) is 4.79 Å². The van der Waals surface area contributed by atoms with Crippen LogP contribution in [0.3, 0.4) is 0 Å². The Morgan fingerprint density at radius 1 is 1.65 bits per heavy atom. The Bertz CT molecular complexity index is 400. The first kappa shape index (κ1) is 12.6. The van der Waals surface area contributed by atoms with Crippen molar-refractivity contribution >= 4 is 17.2 Å². The number of carbonyl (C=O) groups is 1. The summed E-state index contributed by atoms with van der Waals surface area (Å²) >= 11 is 1.71. The highest BCUT2D eigenvalue weighted by atomic mass is 32.1. The van der Waals surface area contributed by atoms with Crippen molar-refractivity contribution in [2.24, 2.45) is 11.8 Å². The van der Waals surface area contributed by atoms with Crippen molar-refractivity contribution in [1.29, 1.82) is 0 Å². The Balaban J connectivity index is 1.72. The smallest absolute Gasteiger partial charge is 0.223 e. The van der Waals surface area contributed by atoms with Crippen LogP contribution in [0.4, 0.5) is 0 Å². The third-order valence-electron chi connectivity index (χ3n) is 3.19. The lowest BCUT2D eigenvalue weighted by Gasteiger charge is -2.02. The lowest BCUT2D eigenvalue weighted by atomic mass is 10.2. The highest BCUT2D eigenvalue weighted by molar-refractivity contribution is 7.09. The van der Waals surface area contributed by atoms with Crippen molar-refractivity contribution in [3.63, 3.8) is 0 Å². The summed E-state index contributed by atoms with van der Waals surface area (Å²) < 4.78 is 0. The highest BCUT2D eigenvalue weighted by Gasteiger charge is 2.38. The largest absolute Gasteiger partial charge is 0.355 e. The molecule has 0 bridgehead atoms. The molecule has 1 amide bonds. The Morgan fingerprint density at radius 3 is 2.88 bits per heavy atom. The van der Waals surface area contributed by atoms with E-state index in [1.807, 2.05) is 0 Å². The van der Waals surface area contributed by atoms with Gasteiger partial charge in [-0.1, -0.05) is 20.8 Å². The van der Waals surface area contributed by atoms with Gasteiger partial charge in [0, 0.05) is 30.2 Å². The summed E-state index contributed by atoms with van der Waals surface area (Å²) in [5, 5.41) is 6.27. The summed E-state index contributed by atoms with van der Waals surface area (Å²) in [6.07, 6.45) is 1.90. The molecule has 2 rings (SSSR count). The monoisotopic (exact) mass is 252 g/mol. The fourth-order valence-corrected chi connectivity index (χ4v) is 2.70. The summed E-state index contributed by atoms with van der Waals surface area (Å²) in [6, 6.07) is 0. The van der Waals surface area contributed by atoms with Gasteiger partial charge >= 0.3 is 0 Å². The van der Waals surface area contributed by atoms with E-state index in [1.54, 1.807) is 11.3 Å². The second kappa shape index (κ2) is 5.17. The van der Waals surface area contributed by atoms with E-state index in [0.29, 0.717) is 18.4 Å². The van der Waals surface area contributed by atoms with Gasteiger partial charge in [-0.2, -0.15) is 0 Å². The van der Waals surface area contributed by atoms with Crippen molar-refractivity contribution < 1.29 is 4.79 Å². The van der Waals surface area contributed by atoms with E-state index >= 15 is 0 Å². The van der Waals surface area contributed by atoms with Crippen LogP contribution in [-0.2, 0) is 11.2 Å². The van der Waals surface area contributed by atoms with Crippen molar-refractivity contribution in [1.82, 2.24) is 10.3 Å². The first-order valence-corrected chi connectivity index (χ1v) is 7.18. The number of hydrogen-bond donors (Lipinski definition) is 1. The zero-order valence-electron chi connectivity index (χ0n) is 10.7. The van der Waals surface area contributed by atoms with Crippen molar-refractivity contribution in [2.75, 3.05) is 6.54 Å². The normalized spacial score (nSPS) is 22.8. The van der Waals surface area contributed by atoms with Crippen LogP contribution >= 0.6 is 11.3 Å². The summed E-state index contributed by atoms with van der Waals surface area (Å²) in [4.78, 5) is 16.1. The minimum absolute atomic E-state index is 0.219. The second-order valence-electron chi connectivity index (χ2n) is 5.19. The van der Waals surface area contributed by atoms with E-state index in [2.05, 4.69) is 36.5 Å². The number of nitrogens with zero attached hydrogens (tertiary/aromatic N) is 1. The summed E-state index contributed by atoms with van der Waals surface area (Å²) in [5.74, 6) is 1.57. The summed E-state index contributed by atoms with van der Waals surface area (Å²) in [6.45, 7) is 7.14. The molecule has 0 spiro atoms. The maximum Gasteiger partial charge on any atom is 0.223 e. The minimum Gasteiger partial charge on any atom is -0.355 e. The summed E-state index contributed by atoms with van der Waals surface area (Å²) in [7, 11) is 0. The fourth-order valence-electron chi connectivity index (χ4n) is 1.83. The molecular formula is C13H20N2OS. The van der Waals surface area contributed by atoms with Crippen LogP contribution in [0.5, 0.6) is 0 Å². The molecule has 0 saturated heterocycles. The zero-order chi connectivity index (χ0) is 12.4. The molecule has 17 heavy (non-hydrogen) atoms. The molecule has 94 valence electrons. The van der Waals surface area contributed by atoms with Gasteiger partial charge in [0.1, 0.15) is 0 Å². The predicted molar refractivity (Wildman–Crippen MR) is 70.2 cm³/mol. The number of carbonyl (C=O) groups excluding carboxylic acids is 1. The lowest BCUT2D eigenvalue weighted by molar-refractivity contribution is -0.122. The van der Waals surface area contributed by atoms with Gasteiger partial charge in [0.05, 0.1) is 10.7 Å². The van der Waals surface area contributed by atoms with Crippen LogP contribution in [0.2, 0.25) is 0 Å². The molecule has 2 atom stereocenters.